The van der Waals surface area contributed by atoms with E-state index in [-0.39, 0.29) is 0 Å². The SMILES string of the molecule is CCCC/C=C/CCCCCCCCC(C)=O. The molecule has 0 saturated heterocycles. The third-order valence-electron chi connectivity index (χ3n) is 3.04. The van der Waals surface area contributed by atoms with E-state index in [9.17, 15) is 4.79 Å². The second-order valence-electron chi connectivity index (χ2n) is 4.98. The fourth-order valence-electron chi connectivity index (χ4n) is 1.90. The summed E-state index contributed by atoms with van der Waals surface area (Å²) in [6.45, 7) is 3.92. The van der Waals surface area contributed by atoms with Crippen LogP contribution in [0.3, 0.4) is 0 Å². The molecule has 0 aliphatic carbocycles. The standard InChI is InChI=1S/C16H30O/c1-3-4-5-6-7-8-9-10-11-12-13-14-15-16(2)17/h6-7H,3-5,8-15H2,1-2H3/b7-6+. The highest BCUT2D eigenvalue weighted by molar-refractivity contribution is 5.75. The number of carbonyl (C=O) groups is 1. The molecule has 0 bridgehead atoms. The third-order valence-corrected chi connectivity index (χ3v) is 3.04. The predicted molar refractivity (Wildman–Crippen MR) is 76.3 cm³/mol. The summed E-state index contributed by atoms with van der Waals surface area (Å²) in [7, 11) is 0. The van der Waals surface area contributed by atoms with Crippen LogP contribution in [0.15, 0.2) is 12.2 Å². The van der Waals surface area contributed by atoms with E-state index >= 15 is 0 Å². The molecule has 0 aromatic rings. The topological polar surface area (TPSA) is 17.1 Å². The summed E-state index contributed by atoms with van der Waals surface area (Å²) in [5.74, 6) is 0.335. The molecule has 0 amide bonds. The molecule has 0 aliphatic rings. The van der Waals surface area contributed by atoms with Crippen molar-refractivity contribution < 1.29 is 4.79 Å². The molecule has 0 fully saturated rings. The van der Waals surface area contributed by atoms with Gasteiger partial charge in [0.25, 0.3) is 0 Å². The van der Waals surface area contributed by atoms with Crippen LogP contribution in [-0.2, 0) is 4.79 Å². The molecular formula is C16H30O. The zero-order valence-corrected chi connectivity index (χ0v) is 11.8. The average Bonchev–Trinajstić information content (AvgIpc) is 2.30. The largest absolute Gasteiger partial charge is 0.300 e. The quantitative estimate of drug-likeness (QED) is 0.327. The van der Waals surface area contributed by atoms with Crippen LogP contribution >= 0.6 is 0 Å². The lowest BCUT2D eigenvalue weighted by Crippen LogP contribution is -1.89. The Hall–Kier alpha value is -0.590. The molecule has 0 spiro atoms. The molecule has 0 heterocycles. The summed E-state index contributed by atoms with van der Waals surface area (Å²) >= 11 is 0. The number of hydrogen-bond acceptors (Lipinski definition) is 1. The number of ketones is 1. The average molecular weight is 238 g/mol. The Kier molecular flexibility index (Phi) is 13.0. The van der Waals surface area contributed by atoms with Crippen molar-refractivity contribution in [1.82, 2.24) is 0 Å². The molecule has 1 heteroatoms. The van der Waals surface area contributed by atoms with Gasteiger partial charge in [-0.3, -0.25) is 0 Å². The maximum absolute atomic E-state index is 10.7. The molecule has 0 radical (unpaired) electrons. The Bertz CT molecular complexity index is 194. The van der Waals surface area contributed by atoms with E-state index in [4.69, 9.17) is 0 Å². The van der Waals surface area contributed by atoms with Crippen molar-refractivity contribution in [3.8, 4) is 0 Å². The highest BCUT2D eigenvalue weighted by Crippen LogP contribution is 2.09. The molecule has 0 unspecified atom stereocenters. The van der Waals surface area contributed by atoms with Gasteiger partial charge in [0.2, 0.25) is 0 Å². The molecule has 100 valence electrons. The van der Waals surface area contributed by atoms with Gasteiger partial charge in [0.15, 0.2) is 0 Å². The van der Waals surface area contributed by atoms with Gasteiger partial charge in [0.05, 0.1) is 0 Å². The van der Waals surface area contributed by atoms with E-state index < -0.39 is 0 Å². The fraction of sp³-hybridized carbons (Fsp3) is 0.812. The molecule has 0 rings (SSSR count). The minimum Gasteiger partial charge on any atom is -0.300 e. The van der Waals surface area contributed by atoms with Crippen LogP contribution in [0.5, 0.6) is 0 Å². The summed E-state index contributed by atoms with van der Waals surface area (Å²) in [6.07, 6.45) is 18.2. The smallest absolute Gasteiger partial charge is 0.129 e. The number of hydrogen-bond donors (Lipinski definition) is 0. The lowest BCUT2D eigenvalue weighted by Gasteiger charge is -1.99. The minimum atomic E-state index is 0.335. The van der Waals surface area contributed by atoms with Gasteiger partial charge in [0, 0.05) is 6.42 Å². The molecule has 0 N–H and O–H groups in total. The molecule has 0 atom stereocenters. The Morgan fingerprint density at radius 1 is 0.824 bits per heavy atom. The van der Waals surface area contributed by atoms with Crippen LogP contribution in [0.4, 0.5) is 0 Å². The van der Waals surface area contributed by atoms with E-state index in [2.05, 4.69) is 19.1 Å². The van der Waals surface area contributed by atoms with Crippen LogP contribution in [0.25, 0.3) is 0 Å². The van der Waals surface area contributed by atoms with Crippen molar-refractivity contribution in [2.45, 2.75) is 84.5 Å². The van der Waals surface area contributed by atoms with Gasteiger partial charge in [-0.15, -0.1) is 0 Å². The summed E-state index contributed by atoms with van der Waals surface area (Å²) in [5, 5.41) is 0. The first-order valence-electron chi connectivity index (χ1n) is 7.41. The molecule has 0 saturated carbocycles. The number of Topliss-reactive ketones (excluding diaryl/α,β-unsaturated/α-hetero) is 1. The van der Waals surface area contributed by atoms with Gasteiger partial charge < -0.3 is 4.79 Å². The molecule has 1 nitrogen and oxygen atoms in total. The summed E-state index contributed by atoms with van der Waals surface area (Å²) < 4.78 is 0. The van der Waals surface area contributed by atoms with Crippen molar-refractivity contribution in [3.05, 3.63) is 12.2 Å². The van der Waals surface area contributed by atoms with Gasteiger partial charge >= 0.3 is 0 Å². The van der Waals surface area contributed by atoms with E-state index in [1.54, 1.807) is 6.92 Å². The monoisotopic (exact) mass is 238 g/mol. The summed E-state index contributed by atoms with van der Waals surface area (Å²) in [6, 6.07) is 0. The van der Waals surface area contributed by atoms with Gasteiger partial charge in [-0.25, -0.2) is 0 Å². The van der Waals surface area contributed by atoms with Crippen molar-refractivity contribution in [2.24, 2.45) is 0 Å². The molecule has 17 heavy (non-hydrogen) atoms. The van der Waals surface area contributed by atoms with Crippen LogP contribution in [-0.4, -0.2) is 5.78 Å². The first kappa shape index (κ1) is 16.4. The first-order valence-corrected chi connectivity index (χ1v) is 7.41. The molecule has 0 aliphatic heterocycles. The maximum Gasteiger partial charge on any atom is 0.129 e. The minimum absolute atomic E-state index is 0.335. The molecule has 0 aromatic heterocycles. The van der Waals surface area contributed by atoms with Crippen molar-refractivity contribution in [3.63, 3.8) is 0 Å². The second-order valence-corrected chi connectivity index (χ2v) is 4.98. The molecular weight excluding hydrogens is 208 g/mol. The van der Waals surface area contributed by atoms with Crippen molar-refractivity contribution in [2.75, 3.05) is 0 Å². The lowest BCUT2D eigenvalue weighted by molar-refractivity contribution is -0.117. The first-order chi connectivity index (χ1) is 8.27. The molecule has 0 aromatic carbocycles. The van der Waals surface area contributed by atoms with Gasteiger partial charge in [-0.05, 0) is 32.6 Å². The maximum atomic E-state index is 10.7. The highest BCUT2D eigenvalue weighted by atomic mass is 16.1. The third kappa shape index (κ3) is 15.4. The predicted octanol–water partition coefficient (Wildman–Crippen LogP) is 5.44. The Morgan fingerprint density at radius 2 is 1.35 bits per heavy atom. The van der Waals surface area contributed by atoms with Crippen LogP contribution in [0.1, 0.15) is 84.5 Å². The van der Waals surface area contributed by atoms with E-state index in [1.807, 2.05) is 0 Å². The Balaban J connectivity index is 3.03. The van der Waals surface area contributed by atoms with Gasteiger partial charge in [-0.1, -0.05) is 57.6 Å². The van der Waals surface area contributed by atoms with Crippen molar-refractivity contribution in [1.29, 1.82) is 0 Å². The van der Waals surface area contributed by atoms with Gasteiger partial charge in [-0.2, -0.15) is 0 Å². The number of carbonyl (C=O) groups excluding carboxylic acids is 1. The summed E-state index contributed by atoms with van der Waals surface area (Å²) in [5.41, 5.74) is 0. The summed E-state index contributed by atoms with van der Waals surface area (Å²) in [4.78, 5) is 10.7. The van der Waals surface area contributed by atoms with E-state index in [0.717, 1.165) is 12.8 Å². The zero-order chi connectivity index (χ0) is 12.8. The van der Waals surface area contributed by atoms with Crippen molar-refractivity contribution >= 4 is 5.78 Å². The van der Waals surface area contributed by atoms with Crippen LogP contribution in [0.2, 0.25) is 0 Å². The second kappa shape index (κ2) is 13.5. The Labute approximate surface area is 108 Å². The zero-order valence-electron chi connectivity index (χ0n) is 11.8. The fourth-order valence-corrected chi connectivity index (χ4v) is 1.90. The lowest BCUT2D eigenvalue weighted by atomic mass is 10.1. The van der Waals surface area contributed by atoms with Gasteiger partial charge in [0.1, 0.15) is 5.78 Å². The number of rotatable bonds is 12. The normalized spacial score (nSPS) is 11.2. The van der Waals surface area contributed by atoms with Crippen LogP contribution < -0.4 is 0 Å². The van der Waals surface area contributed by atoms with E-state index in [0.29, 0.717) is 5.78 Å². The van der Waals surface area contributed by atoms with E-state index in [1.165, 1.54) is 57.8 Å². The Morgan fingerprint density at radius 3 is 1.94 bits per heavy atom. The van der Waals surface area contributed by atoms with Crippen LogP contribution in [0, 0.1) is 0 Å². The highest BCUT2D eigenvalue weighted by Gasteiger charge is 1.94. The number of unbranched alkanes of at least 4 members (excludes halogenated alkanes) is 8. The number of allylic oxidation sites excluding steroid dienone is 2.